The average molecular weight is 524 g/mol. The largest absolute Gasteiger partial charge is 0.358 e. The smallest absolute Gasteiger partial charge is 0.256 e. The van der Waals surface area contributed by atoms with E-state index in [0.29, 0.717) is 38.2 Å². The first-order valence-corrected chi connectivity index (χ1v) is 11.1. The highest BCUT2D eigenvalue weighted by Gasteiger charge is 2.27. The van der Waals surface area contributed by atoms with E-state index in [1.54, 1.807) is 12.1 Å². The Balaban J connectivity index is 1.85. The Bertz CT molecular complexity index is 1020. The Kier molecular flexibility index (Phi) is 6.97. The molecule has 0 atom stereocenters. The molecular formula is C22H26FIN4O2. The summed E-state index contributed by atoms with van der Waals surface area (Å²) in [5.41, 5.74) is 4.21. The molecule has 0 saturated heterocycles. The zero-order valence-corrected chi connectivity index (χ0v) is 19.7. The highest BCUT2D eigenvalue weighted by molar-refractivity contribution is 14.1. The van der Waals surface area contributed by atoms with Gasteiger partial charge in [0.25, 0.3) is 11.8 Å². The first-order chi connectivity index (χ1) is 14.3. The second-order valence-electron chi connectivity index (χ2n) is 7.27. The summed E-state index contributed by atoms with van der Waals surface area (Å²) in [6.45, 7) is 11.1. The van der Waals surface area contributed by atoms with E-state index in [2.05, 4.69) is 34.4 Å². The van der Waals surface area contributed by atoms with Crippen LogP contribution in [0.4, 0.5) is 10.1 Å². The summed E-state index contributed by atoms with van der Waals surface area (Å²) < 4.78 is 14.5. The topological polar surface area (TPSA) is 77.2 Å². The fourth-order valence-electron chi connectivity index (χ4n) is 3.69. The summed E-state index contributed by atoms with van der Waals surface area (Å²) in [6, 6.07) is 2.98. The van der Waals surface area contributed by atoms with Gasteiger partial charge < -0.3 is 20.5 Å². The second-order valence-corrected chi connectivity index (χ2v) is 8.43. The fraction of sp³-hybridized carbons (Fsp3) is 0.364. The van der Waals surface area contributed by atoms with E-state index in [-0.39, 0.29) is 17.6 Å². The molecule has 3 N–H and O–H groups in total. The number of fused-ring (bicyclic) bond motifs is 1. The van der Waals surface area contributed by atoms with Crippen molar-refractivity contribution >= 4 is 51.7 Å². The fourth-order valence-corrected chi connectivity index (χ4v) is 4.15. The predicted octanol–water partition coefficient (Wildman–Crippen LogP) is 3.94. The summed E-state index contributed by atoms with van der Waals surface area (Å²) in [5.74, 6) is -0.803. The van der Waals surface area contributed by atoms with Crippen LogP contribution in [0.2, 0.25) is 0 Å². The molecule has 8 heteroatoms. The van der Waals surface area contributed by atoms with E-state index in [1.165, 1.54) is 6.07 Å². The highest BCUT2D eigenvalue weighted by Crippen LogP contribution is 2.36. The molecule has 1 aromatic carbocycles. The lowest BCUT2D eigenvalue weighted by molar-refractivity contribution is -0.110. The predicted molar refractivity (Wildman–Crippen MR) is 126 cm³/mol. The SMILES string of the molecule is CCN(CC)CCNC(=O)c1c(C)[nH]c(/C=C2\C(=O)Nc3cc(I)c(F)cc32)c1C. The molecule has 0 bridgehead atoms. The molecular weight excluding hydrogens is 498 g/mol. The lowest BCUT2D eigenvalue weighted by Crippen LogP contribution is -2.35. The van der Waals surface area contributed by atoms with Crippen LogP contribution in [0.5, 0.6) is 0 Å². The number of hydrogen-bond donors (Lipinski definition) is 3. The number of hydrogen-bond acceptors (Lipinski definition) is 3. The quantitative estimate of drug-likeness (QED) is 0.380. The average Bonchev–Trinajstić information content (AvgIpc) is 3.15. The minimum absolute atomic E-state index is 0.144. The number of nitrogens with one attached hydrogen (secondary N) is 3. The Labute approximate surface area is 189 Å². The Morgan fingerprint density at radius 2 is 1.97 bits per heavy atom. The van der Waals surface area contributed by atoms with Crippen LogP contribution in [0.3, 0.4) is 0 Å². The number of nitrogens with zero attached hydrogens (tertiary/aromatic N) is 1. The molecule has 2 aromatic rings. The van der Waals surface area contributed by atoms with E-state index in [9.17, 15) is 14.0 Å². The summed E-state index contributed by atoms with van der Waals surface area (Å²) in [7, 11) is 0. The number of H-pyrrole nitrogens is 1. The summed E-state index contributed by atoms with van der Waals surface area (Å²) in [4.78, 5) is 30.6. The van der Waals surface area contributed by atoms with Crippen molar-refractivity contribution in [2.45, 2.75) is 27.7 Å². The number of likely N-dealkylation sites (N-methyl/N-ethyl adjacent to an activating group) is 1. The van der Waals surface area contributed by atoms with Gasteiger partial charge in [0, 0.05) is 30.0 Å². The first kappa shape index (κ1) is 22.5. The number of aromatic nitrogens is 1. The lowest BCUT2D eigenvalue weighted by atomic mass is 10.0. The molecule has 2 heterocycles. The number of aromatic amines is 1. The molecule has 1 aliphatic rings. The van der Waals surface area contributed by atoms with E-state index < -0.39 is 0 Å². The number of benzene rings is 1. The Morgan fingerprint density at radius 1 is 1.27 bits per heavy atom. The molecule has 0 spiro atoms. The van der Waals surface area contributed by atoms with Crippen molar-refractivity contribution in [2.24, 2.45) is 0 Å². The standard InChI is InChI=1S/C22H26FIN4O2/c1-5-28(6-2)8-7-25-22(30)20-12(3)18(26-13(20)4)10-15-14-9-16(23)17(24)11-19(14)27-21(15)29/h9-11,26H,5-8H2,1-4H3,(H,25,30)(H,27,29)/b15-10-. The summed E-state index contributed by atoms with van der Waals surface area (Å²) in [6.07, 6.45) is 1.68. The van der Waals surface area contributed by atoms with Gasteiger partial charge in [-0.3, -0.25) is 9.59 Å². The van der Waals surface area contributed by atoms with E-state index in [1.807, 2.05) is 36.4 Å². The second kappa shape index (κ2) is 9.30. The van der Waals surface area contributed by atoms with Crippen LogP contribution < -0.4 is 10.6 Å². The minimum atomic E-state index is -0.371. The van der Waals surface area contributed by atoms with Crippen molar-refractivity contribution in [1.29, 1.82) is 0 Å². The number of rotatable bonds is 7. The van der Waals surface area contributed by atoms with Gasteiger partial charge in [-0.15, -0.1) is 0 Å². The van der Waals surface area contributed by atoms with Crippen LogP contribution in [0.15, 0.2) is 12.1 Å². The molecule has 30 heavy (non-hydrogen) atoms. The molecule has 1 aromatic heterocycles. The maximum Gasteiger partial charge on any atom is 0.256 e. The number of carbonyl (C=O) groups is 2. The minimum Gasteiger partial charge on any atom is -0.358 e. The molecule has 0 unspecified atom stereocenters. The zero-order chi connectivity index (χ0) is 22.0. The number of carbonyl (C=O) groups excluding carboxylic acids is 2. The normalized spacial score (nSPS) is 14.4. The van der Waals surface area contributed by atoms with Crippen molar-refractivity contribution in [1.82, 2.24) is 15.2 Å². The maximum atomic E-state index is 14.1. The van der Waals surface area contributed by atoms with Crippen molar-refractivity contribution in [2.75, 3.05) is 31.5 Å². The van der Waals surface area contributed by atoms with Crippen LogP contribution in [0.25, 0.3) is 11.6 Å². The molecule has 0 fully saturated rings. The van der Waals surface area contributed by atoms with Gasteiger partial charge in [0.2, 0.25) is 0 Å². The van der Waals surface area contributed by atoms with Crippen LogP contribution in [0, 0.1) is 23.2 Å². The number of halogens is 2. The molecule has 1 aliphatic heterocycles. The molecule has 6 nitrogen and oxygen atoms in total. The van der Waals surface area contributed by atoms with Crippen LogP contribution in [-0.4, -0.2) is 47.9 Å². The van der Waals surface area contributed by atoms with Crippen LogP contribution in [0.1, 0.15) is 46.7 Å². The van der Waals surface area contributed by atoms with Gasteiger partial charge >= 0.3 is 0 Å². The van der Waals surface area contributed by atoms with Crippen molar-refractivity contribution < 1.29 is 14.0 Å². The number of aryl methyl sites for hydroxylation is 1. The molecule has 0 aliphatic carbocycles. The van der Waals surface area contributed by atoms with E-state index in [0.717, 1.165) is 30.9 Å². The third kappa shape index (κ3) is 4.44. The van der Waals surface area contributed by atoms with Gasteiger partial charge in [-0.2, -0.15) is 0 Å². The Morgan fingerprint density at radius 3 is 2.63 bits per heavy atom. The molecule has 3 rings (SSSR count). The van der Waals surface area contributed by atoms with Gasteiger partial charge in [-0.25, -0.2) is 4.39 Å². The van der Waals surface area contributed by atoms with E-state index >= 15 is 0 Å². The van der Waals surface area contributed by atoms with Gasteiger partial charge in [0.05, 0.1) is 20.4 Å². The third-order valence-corrected chi connectivity index (χ3v) is 6.27. The van der Waals surface area contributed by atoms with Gasteiger partial charge in [-0.05, 0) is 73.3 Å². The molecule has 160 valence electrons. The summed E-state index contributed by atoms with van der Waals surface area (Å²) >= 11 is 1.90. The van der Waals surface area contributed by atoms with Gasteiger partial charge in [-0.1, -0.05) is 13.8 Å². The lowest BCUT2D eigenvalue weighted by Gasteiger charge is -2.18. The monoisotopic (exact) mass is 524 g/mol. The van der Waals surface area contributed by atoms with Crippen molar-refractivity contribution in [3.05, 3.63) is 49.6 Å². The number of anilines is 1. The maximum absolute atomic E-state index is 14.1. The van der Waals surface area contributed by atoms with Gasteiger partial charge in [0.1, 0.15) is 5.82 Å². The van der Waals surface area contributed by atoms with Gasteiger partial charge in [0.15, 0.2) is 0 Å². The molecule has 0 radical (unpaired) electrons. The van der Waals surface area contributed by atoms with Crippen molar-refractivity contribution in [3.8, 4) is 0 Å². The van der Waals surface area contributed by atoms with Crippen molar-refractivity contribution in [3.63, 3.8) is 0 Å². The molecule has 2 amide bonds. The van der Waals surface area contributed by atoms with Crippen LogP contribution >= 0.6 is 22.6 Å². The molecule has 0 saturated carbocycles. The number of amides is 2. The van der Waals surface area contributed by atoms with E-state index in [4.69, 9.17) is 0 Å². The zero-order valence-electron chi connectivity index (χ0n) is 17.6. The first-order valence-electron chi connectivity index (χ1n) is 9.98. The van der Waals surface area contributed by atoms with Crippen LogP contribution in [-0.2, 0) is 4.79 Å². The highest BCUT2D eigenvalue weighted by atomic mass is 127. The summed E-state index contributed by atoms with van der Waals surface area (Å²) in [5, 5.41) is 5.75. The third-order valence-electron chi connectivity index (χ3n) is 5.44. The Hall–Kier alpha value is -2.20.